The van der Waals surface area contributed by atoms with Crippen LogP contribution < -0.4 is 5.32 Å². The molecule has 0 radical (unpaired) electrons. The van der Waals surface area contributed by atoms with E-state index in [4.69, 9.17) is 5.11 Å². The molecule has 23 heavy (non-hydrogen) atoms. The first-order valence-corrected chi connectivity index (χ1v) is 6.25. The number of nitrogens with one attached hydrogen (secondary N) is 2. The van der Waals surface area contributed by atoms with E-state index in [0.717, 1.165) is 6.20 Å². The third-order valence-electron chi connectivity index (χ3n) is 3.11. The van der Waals surface area contributed by atoms with Gasteiger partial charge >= 0.3 is 12.1 Å². The Morgan fingerprint density at radius 1 is 1.39 bits per heavy atom. The maximum Gasteiger partial charge on any atom is 0.456 e. The van der Waals surface area contributed by atoms with Gasteiger partial charge in [-0.15, -0.1) is 0 Å². The molecule has 2 rings (SSSR count). The number of aromatic amines is 1. The fourth-order valence-electron chi connectivity index (χ4n) is 1.75. The van der Waals surface area contributed by atoms with Crippen LogP contribution in [0.3, 0.4) is 0 Å². The molecule has 0 aromatic carbocycles. The molecule has 0 bridgehead atoms. The molecule has 1 atom stereocenters. The molecule has 2 aromatic heterocycles. The van der Waals surface area contributed by atoms with E-state index in [1.165, 1.54) is 6.07 Å². The lowest BCUT2D eigenvalue weighted by molar-refractivity contribution is -0.311. The number of aromatic nitrogens is 3. The van der Waals surface area contributed by atoms with E-state index in [9.17, 15) is 26.7 Å². The molecule has 0 fully saturated rings. The zero-order valence-corrected chi connectivity index (χ0v) is 11.6. The number of aryl methyl sites for hydroxylation is 1. The summed E-state index contributed by atoms with van der Waals surface area (Å²) in [5.41, 5.74) is 0.859. The highest BCUT2D eigenvalue weighted by atomic mass is 19.4. The Kier molecular flexibility index (Phi) is 4.24. The second-order valence-corrected chi connectivity index (χ2v) is 4.79. The maximum atomic E-state index is 12.8. The van der Waals surface area contributed by atoms with Gasteiger partial charge in [0.05, 0.1) is 12.1 Å². The summed E-state index contributed by atoms with van der Waals surface area (Å²) >= 11 is 0. The van der Waals surface area contributed by atoms with Crippen LogP contribution in [0.5, 0.6) is 0 Å². The number of amides is 1. The van der Waals surface area contributed by atoms with Gasteiger partial charge in [-0.2, -0.15) is 27.1 Å². The van der Waals surface area contributed by atoms with Gasteiger partial charge in [-0.1, -0.05) is 0 Å². The zero-order chi connectivity index (χ0) is 17.4. The largest absolute Gasteiger partial charge is 0.456 e. The second kappa shape index (κ2) is 5.72. The van der Waals surface area contributed by atoms with Gasteiger partial charge in [0.25, 0.3) is 5.91 Å². The lowest BCUT2D eigenvalue weighted by Gasteiger charge is -2.24. The third kappa shape index (κ3) is 3.23. The van der Waals surface area contributed by atoms with E-state index in [0.29, 0.717) is 16.7 Å². The molecule has 0 aliphatic carbocycles. The van der Waals surface area contributed by atoms with E-state index in [-0.39, 0.29) is 5.56 Å². The van der Waals surface area contributed by atoms with Gasteiger partial charge in [0.2, 0.25) is 0 Å². The Bertz CT molecular complexity index is 728. The Morgan fingerprint density at radius 3 is 2.65 bits per heavy atom. The average molecular weight is 338 g/mol. The first-order valence-electron chi connectivity index (χ1n) is 6.25. The van der Waals surface area contributed by atoms with E-state index in [2.05, 4.69) is 15.2 Å². The Balaban J connectivity index is 2.08. The van der Waals surface area contributed by atoms with Gasteiger partial charge in [0.15, 0.2) is 5.65 Å². The summed E-state index contributed by atoms with van der Waals surface area (Å²) in [5.74, 6) is -6.28. The van der Waals surface area contributed by atoms with E-state index in [1.54, 1.807) is 6.92 Å². The van der Waals surface area contributed by atoms with Gasteiger partial charge in [-0.05, 0) is 13.0 Å². The molecule has 0 spiro atoms. The van der Waals surface area contributed by atoms with E-state index >= 15 is 0 Å². The molecule has 0 aliphatic rings. The molecule has 1 unspecified atom stereocenters. The first kappa shape index (κ1) is 17.1. The minimum absolute atomic E-state index is 0.0653. The predicted molar refractivity (Wildman–Crippen MR) is 68.0 cm³/mol. The molecule has 126 valence electrons. The zero-order valence-electron chi connectivity index (χ0n) is 11.6. The molecular weight excluding hydrogens is 327 g/mol. The normalized spacial score (nSPS) is 14.0. The minimum atomic E-state index is -5.91. The number of carbonyl (C=O) groups excluding carboxylic acids is 1. The van der Waals surface area contributed by atoms with Crippen molar-refractivity contribution < 1.29 is 31.9 Å². The fourth-order valence-corrected chi connectivity index (χ4v) is 1.75. The monoisotopic (exact) mass is 338 g/mol. The Morgan fingerprint density at radius 2 is 2.04 bits per heavy atom. The number of hydrogen-bond acceptors (Lipinski definition) is 4. The van der Waals surface area contributed by atoms with Crippen molar-refractivity contribution in [3.8, 4) is 0 Å². The number of hydrogen-bond donors (Lipinski definition) is 3. The van der Waals surface area contributed by atoms with Crippen LogP contribution in [0, 0.1) is 6.92 Å². The molecule has 0 aliphatic heterocycles. The lowest BCUT2D eigenvalue weighted by atomic mass is 10.1. The number of rotatable bonds is 4. The van der Waals surface area contributed by atoms with Gasteiger partial charge in [-0.25, -0.2) is 4.98 Å². The molecule has 0 saturated heterocycles. The molecule has 3 N–H and O–H groups in total. The molecule has 0 saturated carbocycles. The molecule has 2 aromatic rings. The fraction of sp³-hybridized carbons (Fsp3) is 0.417. The molecule has 1 amide bonds. The highest BCUT2D eigenvalue weighted by Crippen LogP contribution is 2.37. The van der Waals surface area contributed by atoms with Crippen LogP contribution in [0.15, 0.2) is 12.3 Å². The Labute approximate surface area is 125 Å². The summed E-state index contributed by atoms with van der Waals surface area (Å²) in [6.07, 6.45) is -7.92. The van der Waals surface area contributed by atoms with Crippen molar-refractivity contribution in [2.45, 2.75) is 25.1 Å². The predicted octanol–water partition coefficient (Wildman–Crippen LogP) is 1.55. The van der Waals surface area contributed by atoms with Gasteiger partial charge in [-0.3, -0.25) is 9.89 Å². The first-order chi connectivity index (χ1) is 10.5. The van der Waals surface area contributed by atoms with E-state index in [1.807, 2.05) is 5.32 Å². The number of aliphatic hydroxyl groups excluding tert-OH is 1. The van der Waals surface area contributed by atoms with E-state index < -0.39 is 30.7 Å². The maximum absolute atomic E-state index is 12.8. The minimum Gasteiger partial charge on any atom is -0.385 e. The van der Waals surface area contributed by atoms with Crippen LogP contribution in [0.4, 0.5) is 22.0 Å². The average Bonchev–Trinajstić information content (AvgIpc) is 2.84. The number of carbonyl (C=O) groups is 1. The van der Waals surface area contributed by atoms with Crippen molar-refractivity contribution in [1.82, 2.24) is 20.5 Å². The van der Waals surface area contributed by atoms with Crippen molar-refractivity contribution >= 4 is 16.9 Å². The number of fused-ring (bicyclic) bond motifs is 1. The molecule has 11 heteroatoms. The summed E-state index contributed by atoms with van der Waals surface area (Å²) in [7, 11) is 0. The number of halogens is 5. The van der Waals surface area contributed by atoms with Crippen LogP contribution in [-0.2, 0) is 0 Å². The highest BCUT2D eigenvalue weighted by Gasteiger charge is 2.62. The standard InChI is InChI=1S/C12H11F5N4O2/c1-5-7-2-6(3-18-9(7)21-20-5)10(23)19-4-8(22)11(13,14)12(15,16)17/h2-3,8,22H,4H2,1H3,(H,19,23)(H,18,20,21). The summed E-state index contributed by atoms with van der Waals surface area (Å²) < 4.78 is 61.9. The van der Waals surface area contributed by atoms with Crippen molar-refractivity contribution in [2.75, 3.05) is 6.54 Å². The van der Waals surface area contributed by atoms with Gasteiger partial charge < -0.3 is 10.4 Å². The SMILES string of the molecule is Cc1[nH]nc2ncc(C(=O)NCC(O)C(F)(F)C(F)(F)F)cc12. The summed E-state index contributed by atoms with van der Waals surface area (Å²) in [6, 6.07) is 1.35. The number of H-pyrrole nitrogens is 1. The van der Waals surface area contributed by atoms with Gasteiger partial charge in [0, 0.05) is 17.3 Å². The number of nitrogens with zero attached hydrogens (tertiary/aromatic N) is 2. The second-order valence-electron chi connectivity index (χ2n) is 4.79. The topological polar surface area (TPSA) is 90.9 Å². The summed E-state index contributed by atoms with van der Waals surface area (Å²) in [6.45, 7) is 0.389. The highest BCUT2D eigenvalue weighted by molar-refractivity contribution is 5.97. The lowest BCUT2D eigenvalue weighted by Crippen LogP contribution is -2.51. The van der Waals surface area contributed by atoms with Crippen LogP contribution >= 0.6 is 0 Å². The van der Waals surface area contributed by atoms with Crippen LogP contribution in [-0.4, -0.2) is 50.9 Å². The molecular formula is C12H11F5N4O2. The van der Waals surface area contributed by atoms with Gasteiger partial charge in [0.1, 0.15) is 6.10 Å². The van der Waals surface area contributed by atoms with Crippen molar-refractivity contribution in [3.05, 3.63) is 23.5 Å². The van der Waals surface area contributed by atoms with Crippen molar-refractivity contribution in [2.24, 2.45) is 0 Å². The number of aliphatic hydroxyl groups is 1. The number of alkyl halides is 5. The van der Waals surface area contributed by atoms with Crippen LogP contribution in [0.2, 0.25) is 0 Å². The quantitative estimate of drug-likeness (QED) is 0.738. The smallest absolute Gasteiger partial charge is 0.385 e. The molecule has 2 heterocycles. The van der Waals surface area contributed by atoms with Crippen molar-refractivity contribution in [1.29, 1.82) is 0 Å². The van der Waals surface area contributed by atoms with Crippen LogP contribution in [0.1, 0.15) is 16.1 Å². The summed E-state index contributed by atoms with van der Waals surface area (Å²) in [4.78, 5) is 15.6. The third-order valence-corrected chi connectivity index (χ3v) is 3.11. The molecule has 6 nitrogen and oxygen atoms in total. The Hall–Kier alpha value is -2.30. The summed E-state index contributed by atoms with van der Waals surface area (Å²) in [5, 5.41) is 17.7. The van der Waals surface area contributed by atoms with Crippen LogP contribution in [0.25, 0.3) is 11.0 Å². The number of pyridine rings is 1. The van der Waals surface area contributed by atoms with Crippen molar-refractivity contribution in [3.63, 3.8) is 0 Å².